The number of hydrogen-bond donors (Lipinski definition) is 1. The summed E-state index contributed by atoms with van der Waals surface area (Å²) in [5.74, 6) is 0. The summed E-state index contributed by atoms with van der Waals surface area (Å²) in [4.78, 5) is 0. The molecule has 0 unspecified atom stereocenters. The van der Waals surface area contributed by atoms with Gasteiger partial charge in [-0.1, -0.05) is 178 Å². The zero-order chi connectivity index (χ0) is 39.5. The van der Waals surface area contributed by atoms with E-state index in [1.807, 2.05) is 0 Å². The molecule has 59 heavy (non-hydrogen) atoms. The van der Waals surface area contributed by atoms with Crippen molar-refractivity contribution in [2.45, 2.75) is 32.2 Å². The molecule has 0 bridgehead atoms. The molecule has 1 aliphatic carbocycles. The Bertz CT molecular complexity index is 3270. The molecule has 9 aromatic carbocycles. The number of fused-ring (bicyclic) bond motifs is 9. The molecule has 0 atom stereocenters. The van der Waals surface area contributed by atoms with Crippen molar-refractivity contribution in [2.75, 3.05) is 0 Å². The van der Waals surface area contributed by atoms with Gasteiger partial charge in [0.25, 0.3) is 0 Å². The molecule has 0 spiro atoms. The van der Waals surface area contributed by atoms with Gasteiger partial charge >= 0.3 is 0 Å². The quantitative estimate of drug-likeness (QED) is 0.167. The van der Waals surface area contributed by atoms with Gasteiger partial charge in [-0.05, 0) is 119 Å². The Morgan fingerprint density at radius 2 is 1.22 bits per heavy atom. The Hall–Kier alpha value is -7.16. The number of nitrogens with one attached hydrogen (secondary N) is 1. The first-order chi connectivity index (χ1) is 29.0. The van der Waals surface area contributed by atoms with Crippen LogP contribution in [-0.4, -0.2) is 0 Å². The molecule has 0 fully saturated rings. The minimum absolute atomic E-state index is 0.0990. The Morgan fingerprint density at radius 3 is 2.10 bits per heavy atom. The van der Waals surface area contributed by atoms with Gasteiger partial charge in [0.2, 0.25) is 0 Å². The van der Waals surface area contributed by atoms with E-state index in [0.717, 1.165) is 29.8 Å². The highest BCUT2D eigenvalue weighted by Crippen LogP contribution is 2.53. The second kappa shape index (κ2) is 14.0. The molecule has 0 saturated carbocycles. The number of benzene rings is 9. The van der Waals surface area contributed by atoms with Crippen molar-refractivity contribution in [3.05, 3.63) is 222 Å². The first kappa shape index (κ1) is 35.0. The molecule has 0 saturated heterocycles. The number of allylic oxidation sites excluding steroid dienone is 1. The highest BCUT2D eigenvalue weighted by Gasteiger charge is 2.37. The number of furan rings is 1. The third-order valence-corrected chi connectivity index (χ3v) is 12.6. The van der Waals surface area contributed by atoms with Crippen molar-refractivity contribution in [2.24, 2.45) is 0 Å². The van der Waals surface area contributed by atoms with E-state index in [0.29, 0.717) is 0 Å². The third-order valence-electron chi connectivity index (χ3n) is 12.6. The lowest BCUT2D eigenvalue weighted by Gasteiger charge is -2.22. The van der Waals surface area contributed by atoms with Gasteiger partial charge < -0.3 is 9.73 Å². The van der Waals surface area contributed by atoms with Crippen molar-refractivity contribution in [3.63, 3.8) is 0 Å². The van der Waals surface area contributed by atoms with E-state index in [-0.39, 0.29) is 5.41 Å². The summed E-state index contributed by atoms with van der Waals surface area (Å²) in [5, 5.41) is 11.2. The van der Waals surface area contributed by atoms with E-state index < -0.39 is 0 Å². The fourth-order valence-electron chi connectivity index (χ4n) is 9.64. The predicted molar refractivity (Wildman–Crippen MR) is 249 cm³/mol. The summed E-state index contributed by atoms with van der Waals surface area (Å²) in [6.07, 6.45) is 3.13. The predicted octanol–water partition coefficient (Wildman–Crippen LogP) is 14.9. The SMILES string of the molecule is CC1(C)c2cc3ccccc3cc2-c2c(-c3cccc(/C(=C/Cc4ccccc4-c4cccc5oc6ccc7ccccc7c6c45)NCc4ccccc4)c3)cccc21. The van der Waals surface area contributed by atoms with Gasteiger partial charge in [-0.3, -0.25) is 0 Å². The maximum absolute atomic E-state index is 6.50. The van der Waals surface area contributed by atoms with Gasteiger partial charge in [0.05, 0.1) is 0 Å². The molecule has 2 heteroatoms. The fourth-order valence-corrected chi connectivity index (χ4v) is 9.64. The van der Waals surface area contributed by atoms with Crippen LogP contribution >= 0.6 is 0 Å². The van der Waals surface area contributed by atoms with Crippen LogP contribution in [0.5, 0.6) is 0 Å². The molecule has 2 nitrogen and oxygen atoms in total. The van der Waals surface area contributed by atoms with Gasteiger partial charge in [-0.2, -0.15) is 0 Å². The lowest BCUT2D eigenvalue weighted by molar-refractivity contribution is 0.661. The van der Waals surface area contributed by atoms with Crippen LogP contribution in [0, 0.1) is 0 Å². The van der Waals surface area contributed by atoms with Crippen LogP contribution in [0.4, 0.5) is 0 Å². The highest BCUT2D eigenvalue weighted by atomic mass is 16.3. The van der Waals surface area contributed by atoms with Crippen LogP contribution in [0.2, 0.25) is 0 Å². The van der Waals surface area contributed by atoms with Gasteiger partial charge in [0, 0.05) is 28.4 Å². The highest BCUT2D eigenvalue weighted by molar-refractivity contribution is 6.22. The van der Waals surface area contributed by atoms with Crippen molar-refractivity contribution in [1.82, 2.24) is 5.32 Å². The average Bonchev–Trinajstić information content (AvgIpc) is 3.78. The summed E-state index contributed by atoms with van der Waals surface area (Å²) in [6, 6.07) is 68.4. The molecular formula is C57H43NO. The van der Waals surface area contributed by atoms with E-state index in [1.165, 1.54) is 93.5 Å². The summed E-state index contributed by atoms with van der Waals surface area (Å²) in [5.41, 5.74) is 16.9. The normalized spacial score (nSPS) is 13.3. The maximum Gasteiger partial charge on any atom is 0.136 e. The van der Waals surface area contributed by atoms with E-state index in [9.17, 15) is 0 Å². The van der Waals surface area contributed by atoms with E-state index in [2.05, 4.69) is 213 Å². The second-order valence-corrected chi connectivity index (χ2v) is 16.4. The smallest absolute Gasteiger partial charge is 0.136 e. The van der Waals surface area contributed by atoms with E-state index in [4.69, 9.17) is 4.42 Å². The summed E-state index contributed by atoms with van der Waals surface area (Å²) >= 11 is 0. The summed E-state index contributed by atoms with van der Waals surface area (Å²) in [6.45, 7) is 5.47. The van der Waals surface area contributed by atoms with Gasteiger partial charge in [-0.25, -0.2) is 0 Å². The lowest BCUT2D eigenvalue weighted by Crippen LogP contribution is -2.14. The standard InChI is InChI=1S/C57H43NO/c1-57(2)49-27-13-25-46(54(49)48-34-40-19-6-7-20-41(40)35-50(48)57)42-21-12-22-43(33-42)51(58-36-37-15-4-3-5-16-37)31-29-38-17-8-10-23-44(38)47-26-14-28-52-56(47)55-45-24-11-9-18-39(45)30-32-53(55)59-52/h3-28,30-35,58H,29,36H2,1-2H3/b51-31-. The molecule has 0 radical (unpaired) electrons. The van der Waals surface area contributed by atoms with Crippen LogP contribution < -0.4 is 5.32 Å². The zero-order valence-corrected chi connectivity index (χ0v) is 33.3. The van der Waals surface area contributed by atoms with Gasteiger partial charge in [-0.15, -0.1) is 0 Å². The minimum Gasteiger partial charge on any atom is -0.456 e. The molecule has 0 amide bonds. The Morgan fingerprint density at radius 1 is 0.525 bits per heavy atom. The maximum atomic E-state index is 6.50. The molecule has 10 aromatic rings. The van der Waals surface area contributed by atoms with E-state index in [1.54, 1.807) is 0 Å². The fraction of sp³-hybridized carbons (Fsp3) is 0.0877. The second-order valence-electron chi connectivity index (χ2n) is 16.4. The molecular weight excluding hydrogens is 715 g/mol. The molecule has 282 valence electrons. The monoisotopic (exact) mass is 757 g/mol. The van der Waals surface area contributed by atoms with Crippen LogP contribution in [-0.2, 0) is 18.4 Å². The van der Waals surface area contributed by atoms with Crippen molar-refractivity contribution in [1.29, 1.82) is 0 Å². The molecule has 1 heterocycles. The summed E-state index contributed by atoms with van der Waals surface area (Å²) < 4.78 is 6.50. The minimum atomic E-state index is -0.0990. The molecule has 11 rings (SSSR count). The lowest BCUT2D eigenvalue weighted by atomic mass is 9.81. The van der Waals surface area contributed by atoms with Crippen LogP contribution in [0.3, 0.4) is 0 Å². The summed E-state index contributed by atoms with van der Waals surface area (Å²) in [7, 11) is 0. The molecule has 1 aliphatic rings. The van der Waals surface area contributed by atoms with Crippen LogP contribution in [0.25, 0.3) is 82.6 Å². The van der Waals surface area contributed by atoms with Crippen molar-refractivity contribution in [3.8, 4) is 33.4 Å². The van der Waals surface area contributed by atoms with Gasteiger partial charge in [0.15, 0.2) is 0 Å². The zero-order valence-electron chi connectivity index (χ0n) is 33.3. The molecule has 1 N–H and O–H groups in total. The Labute approximate surface area is 345 Å². The first-order valence-corrected chi connectivity index (χ1v) is 20.7. The first-order valence-electron chi connectivity index (χ1n) is 20.7. The van der Waals surface area contributed by atoms with E-state index >= 15 is 0 Å². The molecule has 0 aliphatic heterocycles. The van der Waals surface area contributed by atoms with Crippen LogP contribution in [0.1, 0.15) is 41.7 Å². The Balaban J connectivity index is 1.02. The van der Waals surface area contributed by atoms with Crippen molar-refractivity contribution >= 4 is 49.2 Å². The topological polar surface area (TPSA) is 25.2 Å². The van der Waals surface area contributed by atoms with Crippen LogP contribution in [0.15, 0.2) is 199 Å². The average molecular weight is 758 g/mol. The Kier molecular flexibility index (Phi) is 8.34. The third kappa shape index (κ3) is 5.94. The number of hydrogen-bond acceptors (Lipinski definition) is 2. The largest absolute Gasteiger partial charge is 0.456 e. The van der Waals surface area contributed by atoms with Gasteiger partial charge in [0.1, 0.15) is 11.2 Å². The molecule has 1 aromatic heterocycles. The van der Waals surface area contributed by atoms with Crippen molar-refractivity contribution < 1.29 is 4.42 Å². The number of rotatable bonds is 8.